The number of aromatic amines is 2. The number of carbonyl (C=O) groups is 4. The maximum Gasteiger partial charge on any atom is 0.326 e. The summed E-state index contributed by atoms with van der Waals surface area (Å²) < 4.78 is 0. The van der Waals surface area contributed by atoms with Crippen LogP contribution in [0.25, 0.3) is 0 Å². The van der Waals surface area contributed by atoms with Crippen LogP contribution in [0.4, 0.5) is 0 Å². The number of primary amides is 1. The maximum atomic E-state index is 12.7. The molecule has 0 aromatic carbocycles. The van der Waals surface area contributed by atoms with Gasteiger partial charge in [0, 0.05) is 43.0 Å². The van der Waals surface area contributed by atoms with E-state index in [0.29, 0.717) is 11.4 Å². The van der Waals surface area contributed by atoms with E-state index in [0.717, 1.165) is 0 Å². The van der Waals surface area contributed by atoms with Gasteiger partial charge in [-0.05, 0) is 6.42 Å². The van der Waals surface area contributed by atoms with Crippen molar-refractivity contribution in [3.8, 4) is 0 Å². The number of nitrogens with zero attached hydrogens (tertiary/aromatic N) is 2. The molecular formula is C17H24N8O5. The van der Waals surface area contributed by atoms with E-state index in [1.807, 2.05) is 0 Å². The first-order chi connectivity index (χ1) is 14.3. The molecule has 2 aromatic heterocycles. The highest BCUT2D eigenvalue weighted by Gasteiger charge is 2.28. The summed E-state index contributed by atoms with van der Waals surface area (Å²) in [4.78, 5) is 60.9. The Morgan fingerprint density at radius 1 is 0.967 bits per heavy atom. The van der Waals surface area contributed by atoms with Crippen molar-refractivity contribution in [1.82, 2.24) is 30.6 Å². The third-order valence-corrected chi connectivity index (χ3v) is 4.24. The highest BCUT2D eigenvalue weighted by Crippen LogP contribution is 2.04. The van der Waals surface area contributed by atoms with Crippen molar-refractivity contribution in [2.45, 2.75) is 43.8 Å². The zero-order valence-corrected chi connectivity index (χ0v) is 16.0. The van der Waals surface area contributed by atoms with E-state index in [1.54, 1.807) is 0 Å². The van der Waals surface area contributed by atoms with Gasteiger partial charge >= 0.3 is 5.97 Å². The van der Waals surface area contributed by atoms with Gasteiger partial charge in [-0.25, -0.2) is 14.8 Å². The molecule has 0 spiro atoms. The fourth-order valence-electron chi connectivity index (χ4n) is 2.65. The van der Waals surface area contributed by atoms with Crippen LogP contribution in [0.5, 0.6) is 0 Å². The Morgan fingerprint density at radius 3 is 2.03 bits per heavy atom. The molecule has 2 rings (SSSR count). The molecule has 30 heavy (non-hydrogen) atoms. The van der Waals surface area contributed by atoms with Crippen LogP contribution in [0.2, 0.25) is 0 Å². The normalized spacial score (nSPS) is 13.8. The van der Waals surface area contributed by atoms with E-state index in [9.17, 15) is 24.3 Å². The molecule has 0 bridgehead atoms. The Hall–Kier alpha value is -3.74. The average Bonchev–Trinajstić information content (AvgIpc) is 3.38. The van der Waals surface area contributed by atoms with Gasteiger partial charge in [-0.15, -0.1) is 0 Å². The summed E-state index contributed by atoms with van der Waals surface area (Å²) in [5.41, 5.74) is 12.1. The number of imidazole rings is 2. The predicted octanol–water partition coefficient (Wildman–Crippen LogP) is -2.43. The molecule has 3 atom stereocenters. The summed E-state index contributed by atoms with van der Waals surface area (Å²) >= 11 is 0. The molecule has 2 heterocycles. The molecule has 0 aliphatic heterocycles. The maximum absolute atomic E-state index is 12.7. The van der Waals surface area contributed by atoms with Crippen molar-refractivity contribution in [3.63, 3.8) is 0 Å². The van der Waals surface area contributed by atoms with E-state index in [-0.39, 0.29) is 25.7 Å². The Bertz CT molecular complexity index is 852. The highest BCUT2D eigenvalue weighted by atomic mass is 16.4. The van der Waals surface area contributed by atoms with Gasteiger partial charge in [-0.3, -0.25) is 14.4 Å². The first kappa shape index (κ1) is 22.5. The number of carboxylic acid groups (broad SMARTS) is 1. The number of nitrogens with two attached hydrogens (primary N) is 2. The Kier molecular flexibility index (Phi) is 8.05. The fraction of sp³-hybridized carbons (Fsp3) is 0.412. The fourth-order valence-corrected chi connectivity index (χ4v) is 2.65. The molecule has 3 amide bonds. The molecule has 162 valence electrons. The van der Waals surface area contributed by atoms with Gasteiger partial charge in [0.1, 0.15) is 12.1 Å². The second-order valence-electron chi connectivity index (χ2n) is 6.63. The zero-order chi connectivity index (χ0) is 22.1. The topological polar surface area (TPSA) is 222 Å². The van der Waals surface area contributed by atoms with Crippen molar-refractivity contribution in [2.24, 2.45) is 11.5 Å². The van der Waals surface area contributed by atoms with Crippen LogP contribution in [0.15, 0.2) is 25.0 Å². The first-order valence-corrected chi connectivity index (χ1v) is 9.08. The van der Waals surface area contributed by atoms with E-state index in [1.165, 1.54) is 25.0 Å². The van der Waals surface area contributed by atoms with Gasteiger partial charge in [-0.1, -0.05) is 0 Å². The number of amides is 3. The summed E-state index contributed by atoms with van der Waals surface area (Å²) in [5.74, 6) is -3.36. The minimum atomic E-state index is -1.27. The number of rotatable bonds is 12. The van der Waals surface area contributed by atoms with Crippen molar-refractivity contribution in [2.75, 3.05) is 0 Å². The summed E-state index contributed by atoms with van der Waals surface area (Å²) in [6.07, 6.45) is 5.57. The van der Waals surface area contributed by atoms with Gasteiger partial charge in [0.05, 0.1) is 18.7 Å². The molecule has 0 aliphatic carbocycles. The van der Waals surface area contributed by atoms with Gasteiger partial charge in [-0.2, -0.15) is 0 Å². The van der Waals surface area contributed by atoms with Crippen molar-refractivity contribution >= 4 is 23.7 Å². The molecule has 0 aliphatic rings. The third-order valence-electron chi connectivity index (χ3n) is 4.24. The van der Waals surface area contributed by atoms with E-state index >= 15 is 0 Å². The van der Waals surface area contributed by atoms with Crippen LogP contribution in [0, 0.1) is 0 Å². The molecule has 0 fully saturated rings. The molecule has 3 unspecified atom stereocenters. The summed E-state index contributed by atoms with van der Waals surface area (Å²) in [7, 11) is 0. The quantitative estimate of drug-likeness (QED) is 0.195. The summed E-state index contributed by atoms with van der Waals surface area (Å²) in [6.45, 7) is 0. The van der Waals surface area contributed by atoms with Gasteiger partial charge < -0.3 is 37.2 Å². The second kappa shape index (κ2) is 10.7. The number of aromatic nitrogens is 4. The highest BCUT2D eigenvalue weighted by molar-refractivity contribution is 5.92. The van der Waals surface area contributed by atoms with Gasteiger partial charge in [0.2, 0.25) is 17.7 Å². The van der Waals surface area contributed by atoms with Crippen LogP contribution in [0.3, 0.4) is 0 Å². The average molecular weight is 420 g/mol. The number of nitrogens with one attached hydrogen (secondary N) is 4. The van der Waals surface area contributed by atoms with Crippen LogP contribution in [-0.2, 0) is 32.0 Å². The molecule has 9 N–H and O–H groups in total. The number of H-pyrrole nitrogens is 2. The van der Waals surface area contributed by atoms with Crippen LogP contribution in [-0.4, -0.2) is 66.9 Å². The zero-order valence-electron chi connectivity index (χ0n) is 16.0. The number of carbonyl (C=O) groups excluding carboxylic acids is 3. The molecule has 0 saturated heterocycles. The number of carboxylic acids is 1. The number of hydrogen-bond donors (Lipinski definition) is 7. The van der Waals surface area contributed by atoms with Gasteiger partial charge in [0.25, 0.3) is 0 Å². The first-order valence-electron chi connectivity index (χ1n) is 9.08. The van der Waals surface area contributed by atoms with E-state index < -0.39 is 41.8 Å². The Morgan fingerprint density at radius 2 is 1.53 bits per heavy atom. The lowest BCUT2D eigenvalue weighted by atomic mass is 10.1. The molecule has 13 nitrogen and oxygen atoms in total. The molecule has 2 aromatic rings. The summed E-state index contributed by atoms with van der Waals surface area (Å²) in [6, 6.07) is -3.46. The Balaban J connectivity index is 2.03. The van der Waals surface area contributed by atoms with E-state index in [4.69, 9.17) is 11.5 Å². The predicted molar refractivity (Wildman–Crippen MR) is 102 cm³/mol. The van der Waals surface area contributed by atoms with Crippen molar-refractivity contribution in [3.05, 3.63) is 36.4 Å². The molecule has 13 heteroatoms. The number of aliphatic carboxylic acids is 1. The van der Waals surface area contributed by atoms with Crippen LogP contribution >= 0.6 is 0 Å². The Labute approximate surface area is 171 Å². The van der Waals surface area contributed by atoms with E-state index in [2.05, 4.69) is 30.6 Å². The van der Waals surface area contributed by atoms with Crippen LogP contribution < -0.4 is 22.1 Å². The SMILES string of the molecule is NC(=O)CCC(NC(=O)C(N)Cc1cnc[nH]1)C(=O)NC(Cc1cnc[nH]1)C(=O)O. The molecule has 0 radical (unpaired) electrons. The van der Waals surface area contributed by atoms with Crippen molar-refractivity contribution < 1.29 is 24.3 Å². The van der Waals surface area contributed by atoms with Gasteiger partial charge in [0.15, 0.2) is 0 Å². The minimum absolute atomic E-state index is 0.0447. The molecule has 0 saturated carbocycles. The van der Waals surface area contributed by atoms with Crippen molar-refractivity contribution in [1.29, 1.82) is 0 Å². The largest absolute Gasteiger partial charge is 0.480 e. The third kappa shape index (κ3) is 7.01. The lowest BCUT2D eigenvalue weighted by Crippen LogP contribution is -2.55. The second-order valence-corrected chi connectivity index (χ2v) is 6.63. The lowest BCUT2D eigenvalue weighted by molar-refractivity contribution is -0.142. The lowest BCUT2D eigenvalue weighted by Gasteiger charge is -2.22. The molecular weight excluding hydrogens is 396 g/mol. The monoisotopic (exact) mass is 420 g/mol. The minimum Gasteiger partial charge on any atom is -0.480 e. The summed E-state index contributed by atoms with van der Waals surface area (Å²) in [5, 5.41) is 14.2. The van der Waals surface area contributed by atoms with Crippen LogP contribution in [0.1, 0.15) is 24.2 Å². The number of hydrogen-bond acceptors (Lipinski definition) is 7. The smallest absolute Gasteiger partial charge is 0.326 e. The standard InChI is InChI=1S/C17H24N8O5/c18-11(3-9-5-20-7-22-9)15(27)24-12(1-2-14(19)26)16(28)25-13(17(29)30)4-10-6-21-8-23-10/h5-8,11-13H,1-4,18H2,(H2,19,26)(H,20,22)(H,21,23)(H,24,27)(H,25,28)(H,29,30).